The Kier molecular flexibility index (Phi) is 5.03. The SMILES string of the molecule is N#CCc1c(CSC(N)=[N+]=CCl)cnc2ccccc12. The van der Waals surface area contributed by atoms with Gasteiger partial charge in [-0.1, -0.05) is 18.2 Å². The summed E-state index contributed by atoms with van der Waals surface area (Å²) in [5.74, 6) is 0.606. The number of nitrogens with two attached hydrogens (primary N) is 1. The van der Waals surface area contributed by atoms with Gasteiger partial charge in [0.1, 0.15) is 0 Å². The largest absolute Gasteiger partial charge is 0.403 e. The van der Waals surface area contributed by atoms with Crippen LogP contribution in [0.1, 0.15) is 11.1 Å². The number of aromatic nitrogens is 1. The molecule has 2 rings (SSSR count). The highest BCUT2D eigenvalue weighted by atomic mass is 35.5. The number of thioether (sulfide) groups is 1. The number of hydrogen-bond acceptors (Lipinski definition) is 3. The summed E-state index contributed by atoms with van der Waals surface area (Å²) >= 11 is 6.74. The lowest BCUT2D eigenvalue weighted by Crippen LogP contribution is -2.10. The molecule has 1 heterocycles. The number of hydrogen-bond donors (Lipinski definition) is 1. The Morgan fingerprint density at radius 3 is 3.05 bits per heavy atom. The van der Waals surface area contributed by atoms with Crippen LogP contribution in [0.25, 0.3) is 10.9 Å². The normalized spacial score (nSPS) is 9.80. The highest BCUT2D eigenvalue weighted by molar-refractivity contribution is 8.13. The summed E-state index contributed by atoms with van der Waals surface area (Å²) in [6, 6.07) is 9.99. The number of rotatable bonds is 3. The van der Waals surface area contributed by atoms with Crippen LogP contribution in [-0.4, -0.2) is 15.8 Å². The highest BCUT2D eigenvalue weighted by Crippen LogP contribution is 2.24. The van der Waals surface area contributed by atoms with E-state index in [-0.39, 0.29) is 0 Å². The van der Waals surface area contributed by atoms with E-state index in [0.29, 0.717) is 17.3 Å². The van der Waals surface area contributed by atoms with Crippen LogP contribution >= 0.6 is 23.4 Å². The van der Waals surface area contributed by atoms with E-state index in [1.54, 1.807) is 6.20 Å². The van der Waals surface area contributed by atoms with Crippen molar-refractivity contribution in [1.29, 1.82) is 5.26 Å². The van der Waals surface area contributed by atoms with Gasteiger partial charge in [-0.15, -0.1) is 0 Å². The van der Waals surface area contributed by atoms with Crippen LogP contribution in [-0.2, 0) is 12.2 Å². The first kappa shape index (κ1) is 14.4. The number of pyridine rings is 1. The van der Waals surface area contributed by atoms with Gasteiger partial charge in [0.15, 0.2) is 0 Å². The monoisotopic (exact) mass is 303 g/mol. The zero-order valence-corrected chi connectivity index (χ0v) is 12.2. The molecule has 0 saturated carbocycles. The minimum Gasteiger partial charge on any atom is -0.267 e. The van der Waals surface area contributed by atoms with Crippen molar-refractivity contribution < 1.29 is 0 Å². The van der Waals surface area contributed by atoms with E-state index in [2.05, 4.69) is 15.7 Å². The molecular weight excluding hydrogens is 292 g/mol. The summed E-state index contributed by atoms with van der Waals surface area (Å²) in [7, 11) is 0. The third-order valence-corrected chi connectivity index (χ3v) is 3.74. The number of benzene rings is 1. The molecule has 2 aromatic rings. The van der Waals surface area contributed by atoms with Crippen LogP contribution in [0.4, 0.5) is 0 Å². The molecule has 20 heavy (non-hydrogen) atoms. The van der Waals surface area contributed by atoms with Crippen molar-refractivity contribution in [3.05, 3.63) is 41.6 Å². The Hall–Kier alpha value is -1.99. The smallest absolute Gasteiger partial charge is 0.267 e. The zero-order chi connectivity index (χ0) is 14.4. The van der Waals surface area contributed by atoms with Crippen LogP contribution in [0.15, 0.2) is 30.5 Å². The third kappa shape index (κ3) is 3.31. The lowest BCUT2D eigenvalue weighted by Gasteiger charge is -2.08. The molecule has 1 aromatic heterocycles. The fourth-order valence-electron chi connectivity index (χ4n) is 1.89. The summed E-state index contributed by atoms with van der Waals surface area (Å²) in [4.78, 5) is 4.41. The van der Waals surface area contributed by atoms with Gasteiger partial charge in [-0.05, 0) is 40.6 Å². The second kappa shape index (κ2) is 6.97. The Morgan fingerprint density at radius 2 is 2.30 bits per heavy atom. The first-order valence-corrected chi connectivity index (χ1v) is 7.29. The standard InChI is InChI=1S/C14H11ClN4S/c15-9-19-14(17)20-8-10-7-18-13-4-2-1-3-12(13)11(10)5-6-16/h1-4,7,9,17H,5,8H2/p+1. The van der Waals surface area contributed by atoms with Crippen molar-refractivity contribution in [1.82, 2.24) is 9.65 Å². The molecule has 0 aliphatic carbocycles. The van der Waals surface area contributed by atoms with E-state index in [9.17, 15) is 0 Å². The first-order valence-electron chi connectivity index (χ1n) is 5.86. The molecule has 0 bridgehead atoms. The van der Waals surface area contributed by atoms with Crippen molar-refractivity contribution in [2.24, 2.45) is 5.73 Å². The second-order valence-electron chi connectivity index (χ2n) is 3.97. The van der Waals surface area contributed by atoms with Gasteiger partial charge in [0.2, 0.25) is 0 Å². The minimum absolute atomic E-state index is 0.345. The predicted octanol–water partition coefficient (Wildman–Crippen LogP) is 2.18. The van der Waals surface area contributed by atoms with Gasteiger partial charge in [0.05, 0.1) is 18.0 Å². The van der Waals surface area contributed by atoms with E-state index in [0.717, 1.165) is 27.7 Å². The number of nitrogens with zero attached hydrogens (tertiary/aromatic N) is 3. The van der Waals surface area contributed by atoms with Crippen molar-refractivity contribution in [2.45, 2.75) is 12.2 Å². The zero-order valence-electron chi connectivity index (χ0n) is 10.6. The summed E-state index contributed by atoms with van der Waals surface area (Å²) < 4.78 is 3.79. The molecule has 0 fully saturated rings. The molecule has 0 saturated heterocycles. The van der Waals surface area contributed by atoms with Crippen LogP contribution in [0.2, 0.25) is 0 Å². The Bertz CT molecular complexity index is 730. The van der Waals surface area contributed by atoms with Gasteiger partial charge in [0, 0.05) is 17.3 Å². The van der Waals surface area contributed by atoms with Crippen LogP contribution in [0.3, 0.4) is 0 Å². The Morgan fingerprint density at radius 1 is 1.50 bits per heavy atom. The number of nitriles is 1. The molecule has 0 atom stereocenters. The lowest BCUT2D eigenvalue weighted by atomic mass is 10.0. The predicted molar refractivity (Wildman–Crippen MR) is 85.6 cm³/mol. The molecule has 0 aliphatic heterocycles. The summed E-state index contributed by atoms with van der Waals surface area (Å²) in [5, 5.41) is 10.4. The Labute approximate surface area is 126 Å². The van der Waals surface area contributed by atoms with Crippen molar-refractivity contribution >= 4 is 45.1 Å². The maximum Gasteiger partial charge on any atom is 0.403 e. The van der Waals surface area contributed by atoms with Crippen molar-refractivity contribution in [2.75, 3.05) is 0 Å². The van der Waals surface area contributed by atoms with Crippen LogP contribution in [0.5, 0.6) is 0 Å². The molecule has 6 heteroatoms. The second-order valence-corrected chi connectivity index (χ2v) is 5.16. The fourth-order valence-corrected chi connectivity index (χ4v) is 2.73. The molecule has 1 aromatic carbocycles. The van der Waals surface area contributed by atoms with E-state index < -0.39 is 0 Å². The number of fused-ring (bicyclic) bond motifs is 1. The van der Waals surface area contributed by atoms with Gasteiger partial charge in [-0.3, -0.25) is 10.7 Å². The van der Waals surface area contributed by atoms with Gasteiger partial charge >= 0.3 is 5.17 Å². The van der Waals surface area contributed by atoms with Gasteiger partial charge in [-0.25, -0.2) is 0 Å². The Balaban J connectivity index is 2.40. The molecule has 100 valence electrons. The third-order valence-electron chi connectivity index (χ3n) is 2.78. The maximum atomic E-state index is 9.02. The maximum absolute atomic E-state index is 9.02. The van der Waals surface area contributed by atoms with E-state index in [4.69, 9.17) is 22.6 Å². The number of halogens is 1. The molecule has 2 N–H and O–H groups in total. The molecule has 0 amide bonds. The number of para-hydroxylation sites is 1. The van der Waals surface area contributed by atoms with Crippen LogP contribution < -0.4 is 10.4 Å². The van der Waals surface area contributed by atoms with E-state index in [1.165, 1.54) is 11.8 Å². The molecule has 0 unspecified atom stereocenters. The van der Waals surface area contributed by atoms with Gasteiger partial charge in [-0.2, -0.15) is 9.93 Å². The van der Waals surface area contributed by atoms with Crippen LogP contribution in [0, 0.1) is 11.3 Å². The average Bonchev–Trinajstić information content (AvgIpc) is 2.47. The molecule has 0 aliphatic rings. The van der Waals surface area contributed by atoms with Gasteiger partial charge in [0.25, 0.3) is 5.67 Å². The van der Waals surface area contributed by atoms with E-state index >= 15 is 0 Å². The summed E-state index contributed by atoms with van der Waals surface area (Å²) in [5.41, 5.74) is 9.69. The van der Waals surface area contributed by atoms with Gasteiger partial charge < -0.3 is 0 Å². The number of amidine groups is 1. The molecule has 4 nitrogen and oxygen atoms in total. The van der Waals surface area contributed by atoms with Crippen molar-refractivity contribution in [3.63, 3.8) is 0 Å². The molecule has 0 radical (unpaired) electrons. The fraction of sp³-hybridized carbons (Fsp3) is 0.143. The topological polar surface area (TPSA) is 76.8 Å². The molecule has 0 spiro atoms. The summed E-state index contributed by atoms with van der Waals surface area (Å²) in [6.45, 7) is 0. The van der Waals surface area contributed by atoms with E-state index in [1.807, 2.05) is 24.3 Å². The lowest BCUT2D eigenvalue weighted by molar-refractivity contribution is 1.19. The summed E-state index contributed by atoms with van der Waals surface area (Å²) in [6.07, 6.45) is 2.14. The van der Waals surface area contributed by atoms with Crippen molar-refractivity contribution in [3.8, 4) is 6.07 Å². The molecular formula is C14H12ClN4S+. The first-order chi connectivity index (χ1) is 9.76. The quantitative estimate of drug-likeness (QED) is 0.535. The highest BCUT2D eigenvalue weighted by Gasteiger charge is 2.11. The minimum atomic E-state index is 0.345. The average molecular weight is 304 g/mol.